The van der Waals surface area contributed by atoms with E-state index in [9.17, 15) is 18.4 Å². The molecule has 3 aromatic heterocycles. The van der Waals surface area contributed by atoms with Gasteiger partial charge < -0.3 is 20.8 Å². The molecule has 0 aliphatic heterocycles. The summed E-state index contributed by atoms with van der Waals surface area (Å²) < 4.78 is 51.4. The number of rotatable bonds is 6. The van der Waals surface area contributed by atoms with Gasteiger partial charge in [0, 0.05) is 49.8 Å². The average Bonchev–Trinajstić information content (AvgIpc) is 3.43. The number of aryl methyl sites for hydroxylation is 1. The Balaban J connectivity index is 1.36. The molecule has 10 nitrogen and oxygen atoms in total. The molecule has 0 spiro atoms. The van der Waals surface area contributed by atoms with E-state index in [2.05, 4.69) is 25.7 Å². The molecule has 5 unspecified atom stereocenters. The minimum atomic E-state index is -1.64. The monoisotopic (exact) mass is 531 g/mol. The third-order valence-corrected chi connectivity index (χ3v) is 7.10. The number of pyridine rings is 1. The topological polar surface area (TPSA) is 141 Å². The van der Waals surface area contributed by atoms with E-state index in [1.54, 1.807) is 19.2 Å². The van der Waals surface area contributed by atoms with Crippen molar-refractivity contribution in [2.24, 2.45) is 18.7 Å². The first-order valence-corrected chi connectivity index (χ1v) is 12.2. The lowest BCUT2D eigenvalue weighted by Gasteiger charge is -2.46. The third kappa shape index (κ3) is 5.22. The maximum atomic E-state index is 15.2. The molecule has 5 atom stereocenters. The van der Waals surface area contributed by atoms with Crippen molar-refractivity contribution >= 4 is 23.3 Å². The van der Waals surface area contributed by atoms with Crippen LogP contribution in [0.4, 0.5) is 24.7 Å². The number of alkyl halides is 3. The number of fused-ring (bicyclic) bond motifs is 2. The van der Waals surface area contributed by atoms with Crippen molar-refractivity contribution in [3.05, 3.63) is 42.2 Å². The van der Waals surface area contributed by atoms with E-state index in [4.69, 9.17) is 10.2 Å². The van der Waals surface area contributed by atoms with Crippen molar-refractivity contribution in [1.29, 1.82) is 0 Å². The highest BCUT2D eigenvalue weighted by Gasteiger charge is 2.52. The number of aromatic nitrogens is 4. The van der Waals surface area contributed by atoms with Gasteiger partial charge in [-0.3, -0.25) is 14.3 Å². The molecule has 0 saturated heterocycles. The van der Waals surface area contributed by atoms with Crippen LogP contribution in [0, 0.1) is 5.92 Å². The van der Waals surface area contributed by atoms with Crippen LogP contribution in [0.15, 0.2) is 35.2 Å². The van der Waals surface area contributed by atoms with Crippen molar-refractivity contribution in [2.75, 3.05) is 10.6 Å². The standard InChI is InChI=1S/C25H28F3N7O3/c1-24(28)7-14-8-25(12-24,9-15(26)6-16(14)27)33-19-5-13(3-4-30-19)23-32-18(11-38-23)22(37)31-17-10-35(2)34-20(17)21(29)36/h3-5,10-11,14-16H,6-9,12H2,1-2H3,(H2,29,36)(H,30,33)(H,31,37). The number of nitrogens with zero attached hydrogens (tertiary/aromatic N) is 4. The fourth-order valence-electron chi connectivity index (χ4n) is 5.83. The lowest BCUT2D eigenvalue weighted by molar-refractivity contribution is 0.0293. The molecule has 5 rings (SSSR count). The Labute approximate surface area is 216 Å². The van der Waals surface area contributed by atoms with Gasteiger partial charge in [0.1, 0.15) is 30.1 Å². The maximum Gasteiger partial charge on any atom is 0.277 e. The van der Waals surface area contributed by atoms with Crippen LogP contribution in [-0.2, 0) is 7.05 Å². The number of hydrogen-bond acceptors (Lipinski definition) is 7. The summed E-state index contributed by atoms with van der Waals surface area (Å²) in [5.74, 6) is -1.60. The minimum absolute atomic E-state index is 0.0275. The van der Waals surface area contributed by atoms with Crippen molar-refractivity contribution in [3.8, 4) is 11.5 Å². The number of hydrogen-bond donors (Lipinski definition) is 3. The normalized spacial score (nSPS) is 28.9. The predicted molar refractivity (Wildman–Crippen MR) is 132 cm³/mol. The summed E-state index contributed by atoms with van der Waals surface area (Å²) in [6, 6.07) is 3.20. The molecule has 202 valence electrons. The highest BCUT2D eigenvalue weighted by Crippen LogP contribution is 2.50. The van der Waals surface area contributed by atoms with Gasteiger partial charge in [0.25, 0.3) is 11.8 Å². The number of oxazole rings is 1. The van der Waals surface area contributed by atoms with E-state index < -0.39 is 41.3 Å². The Morgan fingerprint density at radius 3 is 2.82 bits per heavy atom. The first kappa shape index (κ1) is 25.7. The summed E-state index contributed by atoms with van der Waals surface area (Å²) in [6.07, 6.45) is 1.37. The zero-order valence-corrected chi connectivity index (χ0v) is 20.9. The van der Waals surface area contributed by atoms with Crippen LogP contribution in [0.5, 0.6) is 0 Å². The molecule has 2 amide bonds. The fourth-order valence-corrected chi connectivity index (χ4v) is 5.83. The van der Waals surface area contributed by atoms with E-state index in [0.717, 1.165) is 6.26 Å². The van der Waals surface area contributed by atoms with Gasteiger partial charge in [0.15, 0.2) is 11.4 Å². The minimum Gasteiger partial charge on any atom is -0.444 e. The summed E-state index contributed by atoms with van der Waals surface area (Å²) in [5.41, 5.74) is 3.08. The molecule has 13 heteroatoms. The zero-order valence-electron chi connectivity index (χ0n) is 20.9. The second-order valence-corrected chi connectivity index (χ2v) is 10.6. The number of nitrogens with one attached hydrogen (secondary N) is 2. The Hall–Kier alpha value is -3.90. The molecule has 2 aliphatic rings. The summed E-state index contributed by atoms with van der Waals surface area (Å²) in [4.78, 5) is 32.8. The van der Waals surface area contributed by atoms with Crippen LogP contribution in [0.1, 0.15) is 60.0 Å². The second-order valence-electron chi connectivity index (χ2n) is 10.6. The van der Waals surface area contributed by atoms with Gasteiger partial charge in [-0.1, -0.05) is 0 Å². The molecule has 0 radical (unpaired) electrons. The van der Waals surface area contributed by atoms with Crippen LogP contribution in [-0.4, -0.2) is 55.1 Å². The van der Waals surface area contributed by atoms with E-state index >= 15 is 4.39 Å². The van der Waals surface area contributed by atoms with E-state index in [1.165, 1.54) is 24.0 Å². The van der Waals surface area contributed by atoms with Crippen molar-refractivity contribution in [3.63, 3.8) is 0 Å². The quantitative estimate of drug-likeness (QED) is 0.437. The third-order valence-electron chi connectivity index (χ3n) is 7.10. The van der Waals surface area contributed by atoms with Crippen LogP contribution in [0.25, 0.3) is 11.5 Å². The van der Waals surface area contributed by atoms with Crippen molar-refractivity contribution in [1.82, 2.24) is 19.7 Å². The fraction of sp³-hybridized carbons (Fsp3) is 0.480. The van der Waals surface area contributed by atoms with E-state index in [-0.39, 0.29) is 48.6 Å². The highest BCUT2D eigenvalue weighted by molar-refractivity contribution is 6.07. The highest BCUT2D eigenvalue weighted by atomic mass is 19.2. The number of amides is 2. The van der Waals surface area contributed by atoms with E-state index in [0.29, 0.717) is 17.8 Å². The maximum absolute atomic E-state index is 15.2. The van der Waals surface area contributed by atoms with Crippen molar-refractivity contribution < 1.29 is 27.2 Å². The Bertz CT molecular complexity index is 1370. The molecular formula is C25H28F3N7O3. The van der Waals surface area contributed by atoms with Gasteiger partial charge in [-0.15, -0.1) is 0 Å². The SMILES string of the molecule is Cn1cc(NC(=O)c2coc(-c3ccnc(NC45CC(F)CC(F)C(CC(C)(F)C4)C5)c3)n2)c(C(N)=O)n1. The first-order chi connectivity index (χ1) is 17.9. The predicted octanol–water partition coefficient (Wildman–Crippen LogP) is 3.97. The first-order valence-electron chi connectivity index (χ1n) is 12.2. The van der Waals surface area contributed by atoms with Gasteiger partial charge in [-0.05, 0) is 37.8 Å². The zero-order chi connectivity index (χ0) is 27.2. The Morgan fingerprint density at radius 2 is 2.05 bits per heavy atom. The summed E-state index contributed by atoms with van der Waals surface area (Å²) in [5, 5.41) is 9.65. The lowest BCUT2D eigenvalue weighted by Crippen LogP contribution is -2.51. The molecule has 3 aromatic rings. The molecule has 2 fully saturated rings. The van der Waals surface area contributed by atoms with Gasteiger partial charge in [0.2, 0.25) is 5.89 Å². The van der Waals surface area contributed by atoms with Crippen LogP contribution < -0.4 is 16.4 Å². The summed E-state index contributed by atoms with van der Waals surface area (Å²) in [7, 11) is 1.57. The van der Waals surface area contributed by atoms with Gasteiger partial charge >= 0.3 is 0 Å². The summed E-state index contributed by atoms with van der Waals surface area (Å²) >= 11 is 0. The van der Waals surface area contributed by atoms with E-state index in [1.807, 2.05) is 0 Å². The lowest BCUT2D eigenvalue weighted by atomic mass is 9.68. The number of halogens is 3. The van der Waals surface area contributed by atoms with Crippen LogP contribution in [0.3, 0.4) is 0 Å². The summed E-state index contributed by atoms with van der Waals surface area (Å²) in [6.45, 7) is 1.43. The van der Waals surface area contributed by atoms with Gasteiger partial charge in [-0.2, -0.15) is 5.10 Å². The number of nitrogens with two attached hydrogens (primary N) is 1. The molecule has 4 N–H and O–H groups in total. The van der Waals surface area contributed by atoms with Crippen LogP contribution >= 0.6 is 0 Å². The number of carbonyl (C=O) groups excluding carboxylic acids is 2. The molecular weight excluding hydrogens is 503 g/mol. The average molecular weight is 532 g/mol. The molecule has 2 saturated carbocycles. The largest absolute Gasteiger partial charge is 0.444 e. The van der Waals surface area contributed by atoms with Gasteiger partial charge in [0.05, 0.1) is 5.69 Å². The molecule has 2 bridgehead atoms. The molecule has 0 aromatic carbocycles. The molecule has 38 heavy (non-hydrogen) atoms. The van der Waals surface area contributed by atoms with Gasteiger partial charge in [-0.25, -0.2) is 23.1 Å². The number of primary amides is 1. The number of carbonyl (C=O) groups is 2. The Kier molecular flexibility index (Phi) is 6.40. The second kappa shape index (κ2) is 9.44. The molecule has 3 heterocycles. The molecule has 2 aliphatic carbocycles. The van der Waals surface area contributed by atoms with Crippen molar-refractivity contribution in [2.45, 2.75) is 62.6 Å². The smallest absolute Gasteiger partial charge is 0.277 e. The van der Waals surface area contributed by atoms with Crippen LogP contribution in [0.2, 0.25) is 0 Å². The Morgan fingerprint density at radius 1 is 1.26 bits per heavy atom. The number of anilines is 2.